The summed E-state index contributed by atoms with van der Waals surface area (Å²) in [5.41, 5.74) is 3.21. The lowest BCUT2D eigenvalue weighted by Crippen LogP contribution is -2.21. The molecular weight excluding hydrogens is 442 g/mol. The molecule has 1 aromatic heterocycles. The molecule has 7 heteroatoms. The van der Waals surface area contributed by atoms with Gasteiger partial charge in [-0.25, -0.2) is 0 Å². The summed E-state index contributed by atoms with van der Waals surface area (Å²) in [6.45, 7) is 0.700. The Morgan fingerprint density at radius 1 is 0.771 bits per heavy atom. The van der Waals surface area contributed by atoms with E-state index in [4.69, 9.17) is 9.15 Å². The molecule has 0 bridgehead atoms. The van der Waals surface area contributed by atoms with Crippen molar-refractivity contribution in [2.24, 2.45) is 0 Å². The molecule has 0 aliphatic carbocycles. The molecule has 0 atom stereocenters. The fourth-order valence-electron chi connectivity index (χ4n) is 3.47. The average Bonchev–Trinajstić information content (AvgIpc) is 3.42. The maximum Gasteiger partial charge on any atom is 0.291 e. The topological polar surface area (TPSA) is 92.6 Å². The molecule has 1 heterocycles. The van der Waals surface area contributed by atoms with E-state index >= 15 is 0 Å². The largest absolute Gasteiger partial charge is 0.494 e. The van der Waals surface area contributed by atoms with Crippen LogP contribution >= 0.6 is 0 Å². The van der Waals surface area contributed by atoms with Crippen LogP contribution in [0.15, 0.2) is 102 Å². The summed E-state index contributed by atoms with van der Waals surface area (Å²) < 4.78 is 11.0. The summed E-state index contributed by atoms with van der Waals surface area (Å²) in [6.07, 6.45) is 3.32. The third-order valence-corrected chi connectivity index (χ3v) is 5.16. The van der Waals surface area contributed by atoms with E-state index in [0.29, 0.717) is 18.0 Å². The molecule has 0 fully saturated rings. The van der Waals surface area contributed by atoms with Gasteiger partial charge in [-0.05, 0) is 60.9 Å². The monoisotopic (exact) mass is 469 g/mol. The van der Waals surface area contributed by atoms with Crippen LogP contribution in [0.4, 0.5) is 17.1 Å². The summed E-state index contributed by atoms with van der Waals surface area (Å²) >= 11 is 0. The average molecular weight is 470 g/mol. The Balaban J connectivity index is 1.22. The van der Waals surface area contributed by atoms with Gasteiger partial charge in [-0.15, -0.1) is 0 Å². The van der Waals surface area contributed by atoms with E-state index in [1.807, 2.05) is 42.5 Å². The molecule has 3 N–H and O–H groups in total. The summed E-state index contributed by atoms with van der Waals surface area (Å²) in [5.74, 6) is 0.394. The molecule has 178 valence electrons. The van der Waals surface area contributed by atoms with Crippen molar-refractivity contribution in [3.05, 3.63) is 109 Å². The number of ether oxygens (including phenoxy) is 1. The van der Waals surface area contributed by atoms with E-state index in [0.717, 1.165) is 24.3 Å². The van der Waals surface area contributed by atoms with Gasteiger partial charge >= 0.3 is 0 Å². The van der Waals surface area contributed by atoms with Gasteiger partial charge in [-0.2, -0.15) is 0 Å². The van der Waals surface area contributed by atoms with Gasteiger partial charge in [0.15, 0.2) is 5.76 Å². The molecule has 0 aliphatic heterocycles. The van der Waals surface area contributed by atoms with E-state index in [2.05, 4.69) is 28.1 Å². The van der Waals surface area contributed by atoms with Gasteiger partial charge < -0.3 is 25.1 Å². The van der Waals surface area contributed by atoms with Crippen LogP contribution in [-0.2, 0) is 11.2 Å². The van der Waals surface area contributed by atoms with E-state index in [-0.39, 0.29) is 24.1 Å². The third-order valence-electron chi connectivity index (χ3n) is 5.16. The quantitative estimate of drug-likeness (QED) is 0.249. The summed E-state index contributed by atoms with van der Waals surface area (Å²) in [7, 11) is 0. The van der Waals surface area contributed by atoms with Crippen molar-refractivity contribution in [3.63, 3.8) is 0 Å². The zero-order valence-corrected chi connectivity index (χ0v) is 19.2. The van der Waals surface area contributed by atoms with Gasteiger partial charge in [0.2, 0.25) is 5.91 Å². The minimum absolute atomic E-state index is 0.0838. The fraction of sp³-hybridized carbons (Fsp3) is 0.143. The van der Waals surface area contributed by atoms with Crippen molar-refractivity contribution in [3.8, 4) is 5.75 Å². The Hall–Kier alpha value is -4.52. The van der Waals surface area contributed by atoms with Gasteiger partial charge in [0.05, 0.1) is 19.4 Å². The van der Waals surface area contributed by atoms with Gasteiger partial charge in [-0.1, -0.05) is 42.5 Å². The number of hydrogen-bond acceptors (Lipinski definition) is 5. The number of benzene rings is 3. The third kappa shape index (κ3) is 7.50. The molecule has 7 nitrogen and oxygen atoms in total. The van der Waals surface area contributed by atoms with Crippen LogP contribution in [-0.4, -0.2) is 25.0 Å². The van der Waals surface area contributed by atoms with Crippen molar-refractivity contribution in [1.82, 2.24) is 0 Å². The highest BCUT2D eigenvalue weighted by Crippen LogP contribution is 2.19. The fourth-order valence-corrected chi connectivity index (χ4v) is 3.47. The SMILES string of the molecule is O=C(CNc1cccc(OCCCc2ccccc2)c1)Nc1cccc(NC(=O)c2ccco2)c1. The number of nitrogens with one attached hydrogen (secondary N) is 3. The first kappa shape index (κ1) is 23.6. The molecule has 35 heavy (non-hydrogen) atoms. The lowest BCUT2D eigenvalue weighted by atomic mass is 10.1. The second-order valence-electron chi connectivity index (χ2n) is 7.88. The molecule has 3 aromatic carbocycles. The molecule has 0 unspecified atom stereocenters. The Kier molecular flexibility index (Phi) is 8.16. The number of rotatable bonds is 11. The van der Waals surface area contributed by atoms with Crippen molar-refractivity contribution >= 4 is 28.9 Å². The van der Waals surface area contributed by atoms with Crippen molar-refractivity contribution < 1.29 is 18.7 Å². The van der Waals surface area contributed by atoms with E-state index in [1.165, 1.54) is 11.8 Å². The van der Waals surface area contributed by atoms with Gasteiger partial charge in [-0.3, -0.25) is 9.59 Å². The van der Waals surface area contributed by atoms with Crippen LogP contribution < -0.4 is 20.7 Å². The highest BCUT2D eigenvalue weighted by Gasteiger charge is 2.09. The molecule has 0 radical (unpaired) electrons. The molecule has 2 amide bonds. The molecule has 0 saturated carbocycles. The number of amides is 2. The lowest BCUT2D eigenvalue weighted by molar-refractivity contribution is -0.114. The maximum absolute atomic E-state index is 12.4. The Morgan fingerprint density at radius 3 is 2.34 bits per heavy atom. The summed E-state index contributed by atoms with van der Waals surface area (Å²) in [6, 6.07) is 28.0. The van der Waals surface area contributed by atoms with Crippen LogP contribution in [0, 0.1) is 0 Å². The van der Waals surface area contributed by atoms with E-state index < -0.39 is 0 Å². The minimum Gasteiger partial charge on any atom is -0.494 e. The second-order valence-corrected chi connectivity index (χ2v) is 7.88. The van der Waals surface area contributed by atoms with Crippen molar-refractivity contribution in [1.29, 1.82) is 0 Å². The second kappa shape index (κ2) is 12.1. The minimum atomic E-state index is -0.359. The Bertz CT molecular complexity index is 1240. The first-order valence-electron chi connectivity index (χ1n) is 11.4. The summed E-state index contributed by atoms with van der Waals surface area (Å²) in [5, 5.41) is 8.68. The van der Waals surface area contributed by atoms with Crippen molar-refractivity contribution in [2.45, 2.75) is 12.8 Å². The van der Waals surface area contributed by atoms with Crippen molar-refractivity contribution in [2.75, 3.05) is 29.1 Å². The normalized spacial score (nSPS) is 10.4. The van der Waals surface area contributed by atoms with Gasteiger partial charge in [0.25, 0.3) is 5.91 Å². The number of carbonyl (C=O) groups is 2. The maximum atomic E-state index is 12.4. The number of furan rings is 1. The van der Waals surface area contributed by atoms with E-state index in [1.54, 1.807) is 36.4 Å². The predicted octanol–water partition coefficient (Wildman–Crippen LogP) is 5.59. The molecule has 4 rings (SSSR count). The van der Waals surface area contributed by atoms with Crippen LogP contribution in [0.1, 0.15) is 22.5 Å². The molecule has 0 spiro atoms. The Labute approximate surface area is 204 Å². The van der Waals surface area contributed by atoms with Crippen LogP contribution in [0.5, 0.6) is 5.75 Å². The number of hydrogen-bond donors (Lipinski definition) is 3. The lowest BCUT2D eigenvalue weighted by Gasteiger charge is -2.11. The van der Waals surface area contributed by atoms with E-state index in [9.17, 15) is 9.59 Å². The highest BCUT2D eigenvalue weighted by atomic mass is 16.5. The Morgan fingerprint density at radius 2 is 1.54 bits per heavy atom. The number of aryl methyl sites for hydroxylation is 1. The molecule has 0 aliphatic rings. The zero-order chi connectivity index (χ0) is 24.3. The highest BCUT2D eigenvalue weighted by molar-refractivity contribution is 6.02. The number of anilines is 3. The van der Waals surface area contributed by atoms with Gasteiger partial charge in [0.1, 0.15) is 5.75 Å². The predicted molar refractivity (Wildman–Crippen MR) is 137 cm³/mol. The van der Waals surface area contributed by atoms with Gasteiger partial charge in [0, 0.05) is 23.1 Å². The zero-order valence-electron chi connectivity index (χ0n) is 19.2. The van der Waals surface area contributed by atoms with Crippen LogP contribution in [0.25, 0.3) is 0 Å². The standard InChI is InChI=1S/C28H27N3O4/c32-27(30-23-12-4-13-24(18-23)31-28(33)26-15-7-17-35-26)20-29-22-11-5-14-25(19-22)34-16-6-10-21-8-2-1-3-9-21/h1-5,7-9,11-15,17-19,29H,6,10,16,20H2,(H,30,32)(H,31,33). The van der Waals surface area contributed by atoms with Crippen LogP contribution in [0.2, 0.25) is 0 Å². The van der Waals surface area contributed by atoms with Crippen LogP contribution in [0.3, 0.4) is 0 Å². The molecule has 4 aromatic rings. The first-order chi connectivity index (χ1) is 17.2. The first-order valence-corrected chi connectivity index (χ1v) is 11.4. The summed E-state index contributed by atoms with van der Waals surface area (Å²) in [4.78, 5) is 24.6. The number of carbonyl (C=O) groups excluding carboxylic acids is 2. The smallest absolute Gasteiger partial charge is 0.291 e. The molecule has 0 saturated heterocycles. The molecular formula is C28H27N3O4.